The molecule has 3 aromatic rings. The molecule has 0 unspecified atom stereocenters. The quantitative estimate of drug-likeness (QED) is 0.618. The standard InChI is InChI=1S/C20H22ClN3O/c1-2-3-6-13-24-18-8-5-4-7-17(18)23-19(24)14-22-20(25)15-9-11-16(21)12-10-15/h4-5,7-12H,2-3,6,13-14H2,1H3,(H,22,25). The summed E-state index contributed by atoms with van der Waals surface area (Å²) in [5, 5.41) is 3.58. The fraction of sp³-hybridized carbons (Fsp3) is 0.300. The van der Waals surface area contributed by atoms with Crippen LogP contribution in [0.3, 0.4) is 0 Å². The number of unbranched alkanes of at least 4 members (excludes halogenated alkanes) is 2. The largest absolute Gasteiger partial charge is 0.345 e. The Kier molecular flexibility index (Phi) is 5.71. The van der Waals surface area contributed by atoms with Crippen molar-refractivity contribution in [1.82, 2.24) is 14.9 Å². The van der Waals surface area contributed by atoms with Crippen LogP contribution in [0.4, 0.5) is 0 Å². The first-order chi connectivity index (χ1) is 12.2. The summed E-state index contributed by atoms with van der Waals surface area (Å²) in [5.74, 6) is 0.767. The summed E-state index contributed by atoms with van der Waals surface area (Å²) in [5.41, 5.74) is 2.68. The lowest BCUT2D eigenvalue weighted by Crippen LogP contribution is -2.24. The second-order valence-corrected chi connectivity index (χ2v) is 6.50. The molecule has 0 fully saturated rings. The molecule has 25 heavy (non-hydrogen) atoms. The van der Waals surface area contributed by atoms with Gasteiger partial charge < -0.3 is 9.88 Å². The molecule has 1 aromatic heterocycles. The monoisotopic (exact) mass is 355 g/mol. The zero-order chi connectivity index (χ0) is 17.6. The van der Waals surface area contributed by atoms with E-state index in [4.69, 9.17) is 16.6 Å². The Hall–Kier alpha value is -2.33. The van der Waals surface area contributed by atoms with Crippen molar-refractivity contribution >= 4 is 28.5 Å². The Morgan fingerprint density at radius 2 is 1.88 bits per heavy atom. The second-order valence-electron chi connectivity index (χ2n) is 6.07. The average Bonchev–Trinajstić information content (AvgIpc) is 2.98. The van der Waals surface area contributed by atoms with Gasteiger partial charge in [-0.2, -0.15) is 0 Å². The van der Waals surface area contributed by atoms with E-state index in [1.807, 2.05) is 18.2 Å². The van der Waals surface area contributed by atoms with Crippen LogP contribution in [0.15, 0.2) is 48.5 Å². The van der Waals surface area contributed by atoms with Crippen molar-refractivity contribution in [2.75, 3.05) is 0 Å². The van der Waals surface area contributed by atoms with Gasteiger partial charge in [-0.25, -0.2) is 4.98 Å². The number of nitrogens with one attached hydrogen (secondary N) is 1. The van der Waals surface area contributed by atoms with E-state index >= 15 is 0 Å². The number of nitrogens with zero attached hydrogens (tertiary/aromatic N) is 2. The van der Waals surface area contributed by atoms with Crippen molar-refractivity contribution in [3.63, 3.8) is 0 Å². The van der Waals surface area contributed by atoms with Gasteiger partial charge in [-0.3, -0.25) is 4.79 Å². The van der Waals surface area contributed by atoms with Crippen LogP contribution >= 0.6 is 11.6 Å². The third-order valence-corrected chi connectivity index (χ3v) is 4.48. The molecule has 0 saturated heterocycles. The summed E-state index contributed by atoms with van der Waals surface area (Å²) >= 11 is 5.87. The molecule has 3 rings (SSSR count). The van der Waals surface area contributed by atoms with Crippen LogP contribution in [0.2, 0.25) is 5.02 Å². The van der Waals surface area contributed by atoms with Crippen molar-refractivity contribution in [1.29, 1.82) is 0 Å². The maximum atomic E-state index is 12.3. The van der Waals surface area contributed by atoms with Gasteiger partial charge in [-0.15, -0.1) is 0 Å². The molecule has 4 nitrogen and oxygen atoms in total. The van der Waals surface area contributed by atoms with Crippen molar-refractivity contribution in [2.45, 2.75) is 39.3 Å². The number of fused-ring (bicyclic) bond motifs is 1. The predicted octanol–water partition coefficient (Wildman–Crippen LogP) is 4.81. The highest BCUT2D eigenvalue weighted by Gasteiger charge is 2.12. The SMILES string of the molecule is CCCCCn1c(CNC(=O)c2ccc(Cl)cc2)nc2ccccc21. The second kappa shape index (κ2) is 8.17. The Morgan fingerprint density at radius 3 is 2.64 bits per heavy atom. The molecule has 0 bridgehead atoms. The molecule has 2 aromatic carbocycles. The molecule has 0 aliphatic rings. The average molecular weight is 356 g/mol. The molecule has 1 heterocycles. The summed E-state index contributed by atoms with van der Waals surface area (Å²) in [7, 11) is 0. The first-order valence-corrected chi connectivity index (χ1v) is 9.04. The minimum atomic E-state index is -0.121. The molecule has 130 valence electrons. The van der Waals surface area contributed by atoms with Crippen LogP contribution in [0, 0.1) is 0 Å². The summed E-state index contributed by atoms with van der Waals surface area (Å²) in [6.45, 7) is 3.52. The fourth-order valence-electron chi connectivity index (χ4n) is 2.89. The van der Waals surface area contributed by atoms with Crippen LogP contribution in [-0.4, -0.2) is 15.5 Å². The summed E-state index contributed by atoms with van der Waals surface area (Å²) < 4.78 is 2.22. The van der Waals surface area contributed by atoms with Gasteiger partial charge in [-0.05, 0) is 42.8 Å². The van der Waals surface area contributed by atoms with E-state index in [0.717, 1.165) is 29.8 Å². The van der Waals surface area contributed by atoms with Crippen molar-refractivity contribution in [2.24, 2.45) is 0 Å². The first-order valence-electron chi connectivity index (χ1n) is 8.67. The number of para-hydroxylation sites is 2. The number of hydrogen-bond donors (Lipinski definition) is 1. The van der Waals surface area contributed by atoms with E-state index in [1.54, 1.807) is 24.3 Å². The number of carbonyl (C=O) groups excluding carboxylic acids is 1. The maximum Gasteiger partial charge on any atom is 0.251 e. The fourth-order valence-corrected chi connectivity index (χ4v) is 3.02. The zero-order valence-electron chi connectivity index (χ0n) is 14.3. The molecule has 5 heteroatoms. The molecule has 0 radical (unpaired) electrons. The summed E-state index contributed by atoms with van der Waals surface area (Å²) in [6, 6.07) is 15.0. The molecule has 1 amide bonds. The van der Waals surface area contributed by atoms with Gasteiger partial charge in [0.05, 0.1) is 17.6 Å². The molecule has 0 saturated carbocycles. The van der Waals surface area contributed by atoms with Gasteiger partial charge >= 0.3 is 0 Å². The number of aromatic nitrogens is 2. The van der Waals surface area contributed by atoms with E-state index in [1.165, 1.54) is 12.8 Å². The molecular weight excluding hydrogens is 334 g/mol. The number of carbonyl (C=O) groups is 1. The lowest BCUT2D eigenvalue weighted by Gasteiger charge is -2.10. The Bertz CT molecular complexity index is 855. The number of aryl methyl sites for hydroxylation is 1. The van der Waals surface area contributed by atoms with Gasteiger partial charge in [0, 0.05) is 17.1 Å². The van der Waals surface area contributed by atoms with E-state index in [-0.39, 0.29) is 5.91 Å². The van der Waals surface area contributed by atoms with Crippen LogP contribution < -0.4 is 5.32 Å². The van der Waals surface area contributed by atoms with Crippen molar-refractivity contribution in [3.05, 3.63) is 64.9 Å². The third-order valence-electron chi connectivity index (χ3n) is 4.23. The molecule has 0 atom stereocenters. The highest BCUT2D eigenvalue weighted by molar-refractivity contribution is 6.30. The Labute approximate surface area is 152 Å². The summed E-state index contributed by atoms with van der Waals surface area (Å²) in [4.78, 5) is 17.0. The van der Waals surface area contributed by atoms with E-state index < -0.39 is 0 Å². The van der Waals surface area contributed by atoms with Crippen LogP contribution in [0.5, 0.6) is 0 Å². The molecule has 0 aliphatic heterocycles. The van der Waals surface area contributed by atoms with Crippen molar-refractivity contribution in [3.8, 4) is 0 Å². The number of rotatable bonds is 7. The smallest absolute Gasteiger partial charge is 0.251 e. The van der Waals surface area contributed by atoms with Gasteiger partial charge in [0.1, 0.15) is 5.82 Å². The zero-order valence-corrected chi connectivity index (χ0v) is 15.1. The molecule has 0 aliphatic carbocycles. The Balaban J connectivity index is 1.76. The maximum absolute atomic E-state index is 12.3. The summed E-state index contributed by atoms with van der Waals surface area (Å²) in [6.07, 6.45) is 3.47. The molecule has 1 N–H and O–H groups in total. The predicted molar refractivity (Wildman–Crippen MR) is 102 cm³/mol. The number of benzene rings is 2. The van der Waals surface area contributed by atoms with Gasteiger partial charge in [0.15, 0.2) is 0 Å². The van der Waals surface area contributed by atoms with Crippen LogP contribution in [-0.2, 0) is 13.1 Å². The first kappa shape index (κ1) is 17.5. The van der Waals surface area contributed by atoms with Gasteiger partial charge in [0.2, 0.25) is 0 Å². The minimum absolute atomic E-state index is 0.121. The van der Waals surface area contributed by atoms with Crippen LogP contribution in [0.25, 0.3) is 11.0 Å². The van der Waals surface area contributed by atoms with E-state index in [9.17, 15) is 4.79 Å². The number of imidazole rings is 1. The van der Waals surface area contributed by atoms with Gasteiger partial charge in [0.25, 0.3) is 5.91 Å². The van der Waals surface area contributed by atoms with Gasteiger partial charge in [-0.1, -0.05) is 43.5 Å². The topological polar surface area (TPSA) is 46.9 Å². The lowest BCUT2D eigenvalue weighted by atomic mass is 10.2. The highest BCUT2D eigenvalue weighted by Crippen LogP contribution is 2.17. The molecular formula is C20H22ClN3O. The van der Waals surface area contributed by atoms with Crippen LogP contribution in [0.1, 0.15) is 42.4 Å². The van der Waals surface area contributed by atoms with Crippen molar-refractivity contribution < 1.29 is 4.79 Å². The lowest BCUT2D eigenvalue weighted by molar-refractivity contribution is 0.0949. The number of hydrogen-bond acceptors (Lipinski definition) is 2. The number of halogens is 1. The Morgan fingerprint density at radius 1 is 1.12 bits per heavy atom. The third kappa shape index (κ3) is 4.20. The normalized spacial score (nSPS) is 11.0. The van der Waals surface area contributed by atoms with E-state index in [2.05, 4.69) is 22.9 Å². The highest BCUT2D eigenvalue weighted by atomic mass is 35.5. The van der Waals surface area contributed by atoms with E-state index in [0.29, 0.717) is 17.1 Å². The number of amides is 1. The molecule has 0 spiro atoms. The minimum Gasteiger partial charge on any atom is -0.345 e.